The molecule has 1 aromatic heterocycles. The van der Waals surface area contributed by atoms with E-state index in [9.17, 15) is 0 Å². The number of aromatic nitrogens is 2. The van der Waals surface area contributed by atoms with Crippen molar-refractivity contribution in [2.75, 3.05) is 11.1 Å². The van der Waals surface area contributed by atoms with E-state index in [-0.39, 0.29) is 11.6 Å². The Bertz CT molecular complexity index is 869. The van der Waals surface area contributed by atoms with E-state index in [1.54, 1.807) is 18.2 Å². The molecule has 0 radical (unpaired) electrons. The highest BCUT2D eigenvalue weighted by Crippen LogP contribution is 2.35. The van der Waals surface area contributed by atoms with Gasteiger partial charge in [-0.25, -0.2) is 4.98 Å². The molecule has 0 unspecified atom stereocenters. The highest BCUT2D eigenvalue weighted by Gasteiger charge is 2.12. The van der Waals surface area contributed by atoms with Gasteiger partial charge in [0.15, 0.2) is 5.82 Å². The Morgan fingerprint density at radius 3 is 2.54 bits per heavy atom. The quantitative estimate of drug-likeness (QED) is 0.667. The van der Waals surface area contributed by atoms with Gasteiger partial charge in [0.05, 0.1) is 15.7 Å². The molecule has 24 heavy (non-hydrogen) atoms. The number of nitrogens with two attached hydrogens (primary N) is 1. The molecular formula is C17H14Cl2N4O. The van der Waals surface area contributed by atoms with E-state index in [1.807, 2.05) is 31.2 Å². The lowest BCUT2D eigenvalue weighted by molar-refractivity contribution is 0.464. The maximum Gasteiger partial charge on any atom is 0.248 e. The Morgan fingerprint density at radius 2 is 1.79 bits per heavy atom. The van der Waals surface area contributed by atoms with Gasteiger partial charge in [-0.3, -0.25) is 0 Å². The molecule has 0 atom stereocenters. The maximum atomic E-state index is 6.17. The molecule has 0 bridgehead atoms. The smallest absolute Gasteiger partial charge is 0.248 e. The fourth-order valence-corrected chi connectivity index (χ4v) is 2.35. The number of anilines is 3. The number of hydrogen-bond donors (Lipinski definition) is 2. The summed E-state index contributed by atoms with van der Waals surface area (Å²) >= 11 is 12.2. The van der Waals surface area contributed by atoms with Gasteiger partial charge < -0.3 is 15.8 Å². The van der Waals surface area contributed by atoms with E-state index in [1.165, 1.54) is 6.33 Å². The fourth-order valence-electron chi connectivity index (χ4n) is 2.01. The number of ether oxygens (including phenoxy) is 1. The Labute approximate surface area is 149 Å². The minimum Gasteiger partial charge on any atom is -0.437 e. The zero-order valence-electron chi connectivity index (χ0n) is 12.8. The van der Waals surface area contributed by atoms with Crippen LogP contribution in [0.25, 0.3) is 0 Å². The number of hydrogen-bond acceptors (Lipinski definition) is 5. The number of rotatable bonds is 4. The van der Waals surface area contributed by atoms with Crippen molar-refractivity contribution in [1.82, 2.24) is 9.97 Å². The minimum absolute atomic E-state index is 0.259. The molecular weight excluding hydrogens is 347 g/mol. The predicted octanol–water partition coefficient (Wildman–Crippen LogP) is 5.21. The van der Waals surface area contributed by atoms with Crippen LogP contribution < -0.4 is 15.8 Å². The molecule has 0 aliphatic carbocycles. The molecule has 0 aliphatic heterocycles. The Morgan fingerprint density at radius 1 is 1.04 bits per heavy atom. The molecule has 0 saturated carbocycles. The topological polar surface area (TPSA) is 73.1 Å². The third kappa shape index (κ3) is 3.53. The molecule has 0 spiro atoms. The highest BCUT2D eigenvalue weighted by atomic mass is 35.5. The summed E-state index contributed by atoms with van der Waals surface area (Å²) in [6.45, 7) is 2.00. The standard InChI is InChI=1S/C17H14Cl2N4O/c1-10-5-7-11(8-6-10)24-17-15(20)16(21-9-22-17)23-13-4-2-3-12(18)14(13)19/h2-9H,20H2,1H3,(H,21,22,23). The number of nitrogens with one attached hydrogen (secondary N) is 1. The molecule has 0 aliphatic rings. The van der Waals surface area contributed by atoms with Crippen molar-refractivity contribution in [1.29, 1.82) is 0 Å². The summed E-state index contributed by atoms with van der Waals surface area (Å²) in [5.74, 6) is 1.28. The monoisotopic (exact) mass is 360 g/mol. The highest BCUT2D eigenvalue weighted by molar-refractivity contribution is 6.43. The number of halogens is 2. The predicted molar refractivity (Wildman–Crippen MR) is 97.4 cm³/mol. The third-order valence-corrected chi connectivity index (χ3v) is 4.11. The van der Waals surface area contributed by atoms with Gasteiger partial charge in [-0.05, 0) is 31.2 Å². The molecule has 0 amide bonds. The van der Waals surface area contributed by atoms with E-state index in [2.05, 4.69) is 15.3 Å². The van der Waals surface area contributed by atoms with Gasteiger partial charge in [-0.1, -0.05) is 47.0 Å². The largest absolute Gasteiger partial charge is 0.437 e. The van der Waals surface area contributed by atoms with Crippen LogP contribution in [-0.2, 0) is 0 Å². The number of nitrogens with zero attached hydrogens (tertiary/aromatic N) is 2. The molecule has 122 valence electrons. The van der Waals surface area contributed by atoms with Crippen LogP contribution in [-0.4, -0.2) is 9.97 Å². The van der Waals surface area contributed by atoms with Gasteiger partial charge in [-0.15, -0.1) is 0 Å². The SMILES string of the molecule is Cc1ccc(Oc2ncnc(Nc3cccc(Cl)c3Cl)c2N)cc1. The molecule has 0 saturated heterocycles. The molecule has 3 rings (SSSR count). The van der Waals surface area contributed by atoms with Gasteiger partial charge >= 0.3 is 0 Å². The number of benzene rings is 2. The molecule has 0 fully saturated rings. The summed E-state index contributed by atoms with van der Waals surface area (Å²) in [5.41, 5.74) is 8.11. The molecule has 3 N–H and O–H groups in total. The maximum absolute atomic E-state index is 6.17. The first kappa shape index (κ1) is 16.4. The van der Waals surface area contributed by atoms with Gasteiger partial charge in [0.2, 0.25) is 5.88 Å². The van der Waals surface area contributed by atoms with E-state index in [0.717, 1.165) is 5.56 Å². The molecule has 3 aromatic rings. The van der Waals surface area contributed by atoms with Crippen LogP contribution in [0.1, 0.15) is 5.56 Å². The molecule has 5 nitrogen and oxygen atoms in total. The lowest BCUT2D eigenvalue weighted by Crippen LogP contribution is -2.03. The van der Waals surface area contributed by atoms with E-state index < -0.39 is 0 Å². The lowest BCUT2D eigenvalue weighted by atomic mass is 10.2. The summed E-state index contributed by atoms with van der Waals surface area (Å²) in [7, 11) is 0. The Kier molecular flexibility index (Phi) is 4.74. The Hall–Kier alpha value is -2.50. The molecule has 1 heterocycles. The average molecular weight is 361 g/mol. The van der Waals surface area contributed by atoms with Gasteiger partial charge in [0.1, 0.15) is 17.8 Å². The summed E-state index contributed by atoms with van der Waals surface area (Å²) in [6.07, 6.45) is 1.36. The summed E-state index contributed by atoms with van der Waals surface area (Å²) < 4.78 is 5.72. The van der Waals surface area contributed by atoms with Crippen molar-refractivity contribution in [3.8, 4) is 11.6 Å². The van der Waals surface area contributed by atoms with Crippen LogP contribution in [0.5, 0.6) is 11.6 Å². The van der Waals surface area contributed by atoms with Crippen molar-refractivity contribution in [2.24, 2.45) is 0 Å². The van der Waals surface area contributed by atoms with Crippen LogP contribution in [0.15, 0.2) is 48.8 Å². The van der Waals surface area contributed by atoms with Crippen LogP contribution >= 0.6 is 23.2 Å². The van der Waals surface area contributed by atoms with E-state index in [4.69, 9.17) is 33.7 Å². The molecule has 2 aromatic carbocycles. The second-order valence-electron chi connectivity index (χ2n) is 5.08. The first-order valence-corrected chi connectivity index (χ1v) is 7.86. The Balaban J connectivity index is 1.88. The van der Waals surface area contributed by atoms with Crippen LogP contribution in [0.3, 0.4) is 0 Å². The summed E-state index contributed by atoms with van der Waals surface area (Å²) in [6, 6.07) is 12.8. The second-order valence-corrected chi connectivity index (χ2v) is 5.87. The van der Waals surface area contributed by atoms with Crippen molar-refractivity contribution in [2.45, 2.75) is 6.92 Å². The first-order chi connectivity index (χ1) is 11.5. The van der Waals surface area contributed by atoms with Crippen molar-refractivity contribution >= 4 is 40.4 Å². The van der Waals surface area contributed by atoms with Crippen LogP contribution in [0, 0.1) is 6.92 Å². The summed E-state index contributed by atoms with van der Waals surface area (Å²) in [5, 5.41) is 3.87. The van der Waals surface area contributed by atoms with Gasteiger partial charge in [-0.2, -0.15) is 4.98 Å². The van der Waals surface area contributed by atoms with Crippen molar-refractivity contribution in [3.05, 3.63) is 64.4 Å². The zero-order chi connectivity index (χ0) is 17.1. The van der Waals surface area contributed by atoms with Gasteiger partial charge in [0, 0.05) is 0 Å². The third-order valence-electron chi connectivity index (χ3n) is 3.29. The zero-order valence-corrected chi connectivity index (χ0v) is 14.3. The number of aryl methyl sites for hydroxylation is 1. The minimum atomic E-state index is 0.259. The first-order valence-electron chi connectivity index (χ1n) is 7.10. The second kappa shape index (κ2) is 6.95. The molecule has 7 heteroatoms. The van der Waals surface area contributed by atoms with Gasteiger partial charge in [0.25, 0.3) is 0 Å². The summed E-state index contributed by atoms with van der Waals surface area (Å²) in [4.78, 5) is 8.21. The average Bonchev–Trinajstić information content (AvgIpc) is 2.57. The fraction of sp³-hybridized carbons (Fsp3) is 0.0588. The lowest BCUT2D eigenvalue weighted by Gasteiger charge is -2.13. The van der Waals surface area contributed by atoms with Crippen molar-refractivity contribution in [3.63, 3.8) is 0 Å². The number of nitrogen functional groups attached to an aromatic ring is 1. The van der Waals surface area contributed by atoms with E-state index in [0.29, 0.717) is 27.3 Å². The van der Waals surface area contributed by atoms with Crippen LogP contribution in [0.2, 0.25) is 10.0 Å². The van der Waals surface area contributed by atoms with E-state index >= 15 is 0 Å². The van der Waals surface area contributed by atoms with Crippen molar-refractivity contribution < 1.29 is 4.74 Å². The normalized spacial score (nSPS) is 10.5. The van der Waals surface area contributed by atoms with Crippen LogP contribution in [0.4, 0.5) is 17.2 Å².